The van der Waals surface area contributed by atoms with Crippen LogP contribution in [-0.2, 0) is 6.54 Å². The first-order valence-corrected chi connectivity index (χ1v) is 9.49. The van der Waals surface area contributed by atoms with Crippen molar-refractivity contribution in [2.24, 2.45) is 0 Å². The van der Waals surface area contributed by atoms with Crippen molar-refractivity contribution in [1.29, 1.82) is 0 Å². The molecule has 2 aromatic heterocycles. The lowest BCUT2D eigenvalue weighted by molar-refractivity contribution is 0.102. The molecule has 0 aliphatic heterocycles. The van der Waals surface area contributed by atoms with Crippen molar-refractivity contribution in [3.63, 3.8) is 0 Å². The number of nitrogens with zero attached hydrogens (tertiary/aromatic N) is 2. The molecular weight excluding hydrogens is 376 g/mol. The van der Waals surface area contributed by atoms with E-state index >= 15 is 0 Å². The van der Waals surface area contributed by atoms with Gasteiger partial charge in [0.1, 0.15) is 17.3 Å². The van der Waals surface area contributed by atoms with Crippen LogP contribution in [0.3, 0.4) is 0 Å². The summed E-state index contributed by atoms with van der Waals surface area (Å²) in [6.07, 6.45) is 5.09. The Bertz CT molecular complexity index is 1100. The third-order valence-corrected chi connectivity index (χ3v) is 4.34. The van der Waals surface area contributed by atoms with Crippen molar-refractivity contribution in [2.75, 3.05) is 10.6 Å². The summed E-state index contributed by atoms with van der Waals surface area (Å²) in [4.78, 5) is 20.9. The highest BCUT2D eigenvalue weighted by atomic mass is 16.5. The number of carbonyl (C=O) groups excluding carboxylic acids is 1. The van der Waals surface area contributed by atoms with Gasteiger partial charge in [0.2, 0.25) is 0 Å². The van der Waals surface area contributed by atoms with Gasteiger partial charge in [0.15, 0.2) is 0 Å². The number of pyridine rings is 2. The van der Waals surface area contributed by atoms with Gasteiger partial charge in [-0.05, 0) is 66.2 Å². The molecule has 0 saturated heterocycles. The molecule has 4 rings (SSSR count). The summed E-state index contributed by atoms with van der Waals surface area (Å²) < 4.78 is 5.77. The van der Waals surface area contributed by atoms with E-state index in [1.54, 1.807) is 42.9 Å². The maximum atomic E-state index is 12.6. The Morgan fingerprint density at radius 2 is 1.57 bits per heavy atom. The number of anilines is 2. The maximum Gasteiger partial charge on any atom is 0.255 e. The van der Waals surface area contributed by atoms with E-state index in [-0.39, 0.29) is 5.91 Å². The second-order valence-electron chi connectivity index (χ2n) is 6.53. The predicted octanol–water partition coefficient (Wildman–Crippen LogP) is 5.13. The largest absolute Gasteiger partial charge is 0.457 e. The lowest BCUT2D eigenvalue weighted by Crippen LogP contribution is -2.12. The van der Waals surface area contributed by atoms with E-state index in [1.807, 2.05) is 54.6 Å². The van der Waals surface area contributed by atoms with Gasteiger partial charge in [0.25, 0.3) is 5.91 Å². The minimum atomic E-state index is -0.207. The van der Waals surface area contributed by atoms with Crippen LogP contribution in [0.4, 0.5) is 11.5 Å². The Morgan fingerprint density at radius 3 is 2.33 bits per heavy atom. The Balaban J connectivity index is 1.36. The van der Waals surface area contributed by atoms with Crippen molar-refractivity contribution < 1.29 is 9.53 Å². The molecule has 0 bridgehead atoms. The third kappa shape index (κ3) is 5.20. The molecule has 0 aliphatic rings. The summed E-state index contributed by atoms with van der Waals surface area (Å²) in [5.41, 5.74) is 2.29. The fraction of sp³-hybridized carbons (Fsp3) is 0.0417. The number of para-hydroxylation sites is 1. The van der Waals surface area contributed by atoms with E-state index in [0.29, 0.717) is 29.4 Å². The molecule has 6 nitrogen and oxygen atoms in total. The molecule has 30 heavy (non-hydrogen) atoms. The van der Waals surface area contributed by atoms with E-state index in [9.17, 15) is 4.79 Å². The van der Waals surface area contributed by atoms with Crippen LogP contribution in [0.25, 0.3) is 0 Å². The fourth-order valence-corrected chi connectivity index (χ4v) is 2.80. The first kappa shape index (κ1) is 19.1. The molecule has 2 aromatic carbocycles. The molecule has 0 atom stereocenters. The van der Waals surface area contributed by atoms with Gasteiger partial charge in [-0.25, -0.2) is 4.98 Å². The van der Waals surface area contributed by atoms with Gasteiger partial charge in [-0.3, -0.25) is 9.78 Å². The molecule has 148 valence electrons. The number of hydrogen-bond donors (Lipinski definition) is 2. The first-order valence-electron chi connectivity index (χ1n) is 9.49. The van der Waals surface area contributed by atoms with E-state index in [1.165, 1.54) is 0 Å². The van der Waals surface area contributed by atoms with Gasteiger partial charge in [0, 0.05) is 36.4 Å². The van der Waals surface area contributed by atoms with Crippen LogP contribution < -0.4 is 15.4 Å². The lowest BCUT2D eigenvalue weighted by atomic mass is 10.2. The number of carbonyl (C=O) groups is 1. The fourth-order valence-electron chi connectivity index (χ4n) is 2.80. The van der Waals surface area contributed by atoms with Crippen LogP contribution in [0.5, 0.6) is 11.5 Å². The van der Waals surface area contributed by atoms with Crippen LogP contribution in [0.2, 0.25) is 0 Å². The monoisotopic (exact) mass is 396 g/mol. The number of amides is 1. The van der Waals surface area contributed by atoms with Gasteiger partial charge < -0.3 is 15.4 Å². The molecule has 2 heterocycles. The average molecular weight is 396 g/mol. The lowest BCUT2D eigenvalue weighted by Gasteiger charge is -2.09. The zero-order valence-electron chi connectivity index (χ0n) is 16.2. The van der Waals surface area contributed by atoms with Crippen molar-refractivity contribution in [1.82, 2.24) is 9.97 Å². The summed E-state index contributed by atoms with van der Waals surface area (Å²) in [6, 6.07) is 24.0. The summed E-state index contributed by atoms with van der Waals surface area (Å²) in [5, 5.41) is 6.11. The zero-order chi connectivity index (χ0) is 20.6. The maximum absolute atomic E-state index is 12.6. The summed E-state index contributed by atoms with van der Waals surface area (Å²) in [7, 11) is 0. The second kappa shape index (κ2) is 9.34. The number of nitrogens with one attached hydrogen (secondary N) is 2. The quantitative estimate of drug-likeness (QED) is 0.453. The molecule has 0 aliphatic carbocycles. The Labute approximate surface area is 174 Å². The molecule has 0 fully saturated rings. The molecule has 0 saturated carbocycles. The van der Waals surface area contributed by atoms with Crippen LogP contribution in [-0.4, -0.2) is 15.9 Å². The SMILES string of the molecule is O=C(Nc1ccc(Oc2ccccc2)cc1)c1ccnc(NCc2ccncc2)c1. The molecule has 0 spiro atoms. The van der Waals surface area contributed by atoms with E-state index in [2.05, 4.69) is 20.6 Å². The number of ether oxygens (including phenoxy) is 1. The highest BCUT2D eigenvalue weighted by molar-refractivity contribution is 6.04. The van der Waals surface area contributed by atoms with E-state index in [0.717, 1.165) is 11.3 Å². The molecule has 0 radical (unpaired) electrons. The standard InChI is InChI=1S/C24H20N4O2/c29-24(19-12-15-26-23(16-19)27-17-18-10-13-25-14-11-18)28-20-6-8-22(9-7-20)30-21-4-2-1-3-5-21/h1-16H,17H2,(H,26,27)(H,28,29). The van der Waals surface area contributed by atoms with E-state index in [4.69, 9.17) is 4.74 Å². The van der Waals surface area contributed by atoms with Gasteiger partial charge >= 0.3 is 0 Å². The van der Waals surface area contributed by atoms with Crippen LogP contribution in [0.1, 0.15) is 15.9 Å². The Hall–Kier alpha value is -4.19. The molecule has 4 aromatic rings. The average Bonchev–Trinajstić information content (AvgIpc) is 2.80. The van der Waals surface area contributed by atoms with Crippen molar-refractivity contribution in [3.05, 3.63) is 109 Å². The minimum Gasteiger partial charge on any atom is -0.457 e. The number of hydrogen-bond acceptors (Lipinski definition) is 5. The summed E-state index contributed by atoms with van der Waals surface area (Å²) in [6.45, 7) is 0.601. The summed E-state index contributed by atoms with van der Waals surface area (Å²) >= 11 is 0. The van der Waals surface area contributed by atoms with Gasteiger partial charge in [-0.15, -0.1) is 0 Å². The smallest absolute Gasteiger partial charge is 0.255 e. The van der Waals surface area contributed by atoms with Crippen LogP contribution >= 0.6 is 0 Å². The molecule has 6 heteroatoms. The molecule has 2 N–H and O–H groups in total. The Morgan fingerprint density at radius 1 is 0.833 bits per heavy atom. The molecular formula is C24H20N4O2. The van der Waals surface area contributed by atoms with Crippen molar-refractivity contribution in [3.8, 4) is 11.5 Å². The van der Waals surface area contributed by atoms with Crippen molar-refractivity contribution >= 4 is 17.4 Å². The van der Waals surface area contributed by atoms with Gasteiger partial charge in [-0.2, -0.15) is 0 Å². The van der Waals surface area contributed by atoms with E-state index < -0.39 is 0 Å². The van der Waals surface area contributed by atoms with Crippen LogP contribution in [0.15, 0.2) is 97.5 Å². The first-order chi connectivity index (χ1) is 14.8. The van der Waals surface area contributed by atoms with Crippen molar-refractivity contribution in [2.45, 2.75) is 6.54 Å². The number of aromatic nitrogens is 2. The third-order valence-electron chi connectivity index (χ3n) is 4.34. The number of benzene rings is 2. The molecule has 0 unspecified atom stereocenters. The molecule has 1 amide bonds. The second-order valence-corrected chi connectivity index (χ2v) is 6.53. The number of rotatable bonds is 7. The normalized spacial score (nSPS) is 10.3. The minimum absolute atomic E-state index is 0.207. The highest BCUT2D eigenvalue weighted by Gasteiger charge is 2.08. The van der Waals surface area contributed by atoms with Crippen LogP contribution in [0, 0.1) is 0 Å². The highest BCUT2D eigenvalue weighted by Crippen LogP contribution is 2.23. The van der Waals surface area contributed by atoms with Gasteiger partial charge in [-0.1, -0.05) is 18.2 Å². The summed E-state index contributed by atoms with van der Waals surface area (Å²) in [5.74, 6) is 1.88. The predicted molar refractivity (Wildman–Crippen MR) is 117 cm³/mol. The van der Waals surface area contributed by atoms with Gasteiger partial charge in [0.05, 0.1) is 0 Å². The zero-order valence-corrected chi connectivity index (χ0v) is 16.2. The Kier molecular flexibility index (Phi) is 5.96. The topological polar surface area (TPSA) is 76.1 Å².